The fourth-order valence-electron chi connectivity index (χ4n) is 3.13. The van der Waals surface area contributed by atoms with Crippen LogP contribution in [0, 0.1) is 0 Å². The number of hydrogen-bond donors (Lipinski definition) is 1. The van der Waals surface area contributed by atoms with Crippen molar-refractivity contribution in [1.29, 1.82) is 0 Å². The molecule has 4 rings (SSSR count). The number of aliphatic imine (C=N–C) groups is 1. The minimum atomic E-state index is 0. The van der Waals surface area contributed by atoms with Crippen molar-refractivity contribution in [2.75, 3.05) is 0 Å². The van der Waals surface area contributed by atoms with Crippen LogP contribution in [0.3, 0.4) is 0 Å². The summed E-state index contributed by atoms with van der Waals surface area (Å²) >= 11 is 5.39. The smallest absolute Gasteiger partial charge is 0.158 e. The van der Waals surface area contributed by atoms with Gasteiger partial charge in [-0.15, -0.1) is 12.4 Å². The molecular formula is C22H20BrClN2S. The first-order valence-electron chi connectivity index (χ1n) is 8.62. The van der Waals surface area contributed by atoms with Crippen LogP contribution in [0.1, 0.15) is 28.8 Å². The van der Waals surface area contributed by atoms with Gasteiger partial charge in [-0.25, -0.2) is 0 Å². The molecule has 1 aliphatic rings. The van der Waals surface area contributed by atoms with Crippen molar-refractivity contribution in [2.24, 2.45) is 4.99 Å². The Morgan fingerprint density at radius 2 is 1.41 bits per heavy atom. The van der Waals surface area contributed by atoms with Crippen molar-refractivity contribution >= 4 is 45.3 Å². The number of amidine groups is 1. The molecule has 0 bridgehead atoms. The second kappa shape index (κ2) is 9.45. The molecule has 1 heterocycles. The van der Waals surface area contributed by atoms with Gasteiger partial charge in [-0.2, -0.15) is 0 Å². The van der Waals surface area contributed by atoms with Crippen molar-refractivity contribution in [1.82, 2.24) is 5.32 Å². The van der Waals surface area contributed by atoms with Gasteiger partial charge in [0.05, 0.1) is 6.04 Å². The third-order valence-corrected chi connectivity index (χ3v) is 6.20. The molecule has 0 spiro atoms. The maximum absolute atomic E-state index is 5.01. The fraction of sp³-hybridized carbons (Fsp3) is 0.136. The largest absolute Gasteiger partial charge is 0.356 e. The second-order valence-electron chi connectivity index (χ2n) is 6.20. The van der Waals surface area contributed by atoms with Gasteiger partial charge in [0.25, 0.3) is 0 Å². The van der Waals surface area contributed by atoms with Crippen LogP contribution in [0.25, 0.3) is 0 Å². The Hall–Kier alpha value is -1.75. The molecule has 0 aromatic heterocycles. The first-order chi connectivity index (χ1) is 12.8. The van der Waals surface area contributed by atoms with Gasteiger partial charge in [-0.3, -0.25) is 4.99 Å². The molecule has 27 heavy (non-hydrogen) atoms. The summed E-state index contributed by atoms with van der Waals surface area (Å²) in [5.74, 6) is 0.885. The lowest BCUT2D eigenvalue weighted by atomic mass is 9.95. The van der Waals surface area contributed by atoms with Crippen LogP contribution in [0.15, 0.2) is 94.4 Å². The van der Waals surface area contributed by atoms with E-state index in [1.54, 1.807) is 11.8 Å². The monoisotopic (exact) mass is 458 g/mol. The Bertz CT molecular complexity index is 902. The average molecular weight is 460 g/mol. The first kappa shape index (κ1) is 20.0. The Morgan fingerprint density at radius 1 is 0.815 bits per heavy atom. The number of rotatable bonds is 4. The molecule has 1 aliphatic heterocycles. The van der Waals surface area contributed by atoms with Gasteiger partial charge in [-0.05, 0) is 22.8 Å². The van der Waals surface area contributed by atoms with E-state index in [-0.39, 0.29) is 24.5 Å². The summed E-state index contributed by atoms with van der Waals surface area (Å²) < 4.78 is 1.14. The van der Waals surface area contributed by atoms with Crippen LogP contribution in [0.2, 0.25) is 0 Å². The Balaban J connectivity index is 0.00000210. The molecule has 0 fully saturated rings. The van der Waals surface area contributed by atoms with E-state index < -0.39 is 0 Å². The summed E-state index contributed by atoms with van der Waals surface area (Å²) in [5.41, 5.74) is 3.79. The van der Waals surface area contributed by atoms with Crippen LogP contribution >= 0.6 is 40.1 Å². The molecule has 0 saturated carbocycles. The summed E-state index contributed by atoms with van der Waals surface area (Å²) in [6.45, 7) is 0. The quantitative estimate of drug-likeness (QED) is 0.478. The van der Waals surface area contributed by atoms with Gasteiger partial charge in [-0.1, -0.05) is 107 Å². The lowest BCUT2D eigenvalue weighted by Crippen LogP contribution is -2.22. The first-order valence-corrected chi connectivity index (χ1v) is 10.4. The van der Waals surface area contributed by atoms with E-state index in [1.165, 1.54) is 16.7 Å². The molecule has 5 heteroatoms. The zero-order valence-electron chi connectivity index (χ0n) is 14.6. The standard InChI is InChI=1S/C22H19BrN2S.ClH/c23-19-14-8-7-13-18(19)15-26-22-24-20(16-9-3-1-4-10-16)21(25-22)17-11-5-2-6-12-17;/h1-14,20-21H,15H2,(H,24,25);1H. The molecule has 3 aromatic rings. The topological polar surface area (TPSA) is 24.4 Å². The van der Waals surface area contributed by atoms with Crippen LogP contribution in [-0.2, 0) is 5.75 Å². The molecule has 0 aliphatic carbocycles. The molecule has 138 valence electrons. The van der Waals surface area contributed by atoms with Gasteiger partial charge in [0.2, 0.25) is 0 Å². The zero-order valence-corrected chi connectivity index (χ0v) is 17.8. The minimum absolute atomic E-state index is 0. The fourth-order valence-corrected chi connectivity index (χ4v) is 4.69. The lowest BCUT2D eigenvalue weighted by Gasteiger charge is -2.19. The summed E-state index contributed by atoms with van der Waals surface area (Å²) in [6.07, 6.45) is 0. The van der Waals surface area contributed by atoms with Crippen LogP contribution in [0.5, 0.6) is 0 Å². The number of nitrogens with one attached hydrogen (secondary N) is 1. The predicted octanol–water partition coefficient (Wildman–Crippen LogP) is 6.55. The number of nitrogens with zero attached hydrogens (tertiary/aromatic N) is 1. The van der Waals surface area contributed by atoms with Crippen molar-refractivity contribution in [3.8, 4) is 0 Å². The van der Waals surface area contributed by atoms with Gasteiger partial charge in [0, 0.05) is 10.2 Å². The van der Waals surface area contributed by atoms with Gasteiger partial charge in [0.15, 0.2) is 5.17 Å². The SMILES string of the molecule is Brc1ccccc1CSC1=NC(c2ccccc2)C(c2ccccc2)N1.Cl. The number of benzene rings is 3. The van der Waals surface area contributed by atoms with Gasteiger partial charge in [0.1, 0.15) is 6.04 Å². The highest BCUT2D eigenvalue weighted by molar-refractivity contribution is 9.10. The van der Waals surface area contributed by atoms with Crippen LogP contribution < -0.4 is 5.32 Å². The lowest BCUT2D eigenvalue weighted by molar-refractivity contribution is 0.573. The second-order valence-corrected chi connectivity index (χ2v) is 8.02. The van der Waals surface area contributed by atoms with E-state index in [0.717, 1.165) is 15.4 Å². The summed E-state index contributed by atoms with van der Waals surface area (Å²) in [7, 11) is 0. The van der Waals surface area contributed by atoms with Gasteiger partial charge >= 0.3 is 0 Å². The van der Waals surface area contributed by atoms with Crippen molar-refractivity contribution < 1.29 is 0 Å². The van der Waals surface area contributed by atoms with E-state index in [4.69, 9.17) is 4.99 Å². The van der Waals surface area contributed by atoms with E-state index in [0.29, 0.717) is 0 Å². The van der Waals surface area contributed by atoms with Crippen LogP contribution in [0.4, 0.5) is 0 Å². The van der Waals surface area contributed by atoms with Crippen molar-refractivity contribution in [3.05, 3.63) is 106 Å². The van der Waals surface area contributed by atoms with Crippen molar-refractivity contribution in [3.63, 3.8) is 0 Å². The summed E-state index contributed by atoms with van der Waals surface area (Å²) in [5, 5.41) is 4.65. The highest BCUT2D eigenvalue weighted by Crippen LogP contribution is 2.38. The van der Waals surface area contributed by atoms with E-state index in [1.807, 2.05) is 6.07 Å². The molecule has 2 nitrogen and oxygen atoms in total. The zero-order chi connectivity index (χ0) is 17.8. The molecule has 0 saturated heterocycles. The highest BCUT2D eigenvalue weighted by atomic mass is 79.9. The van der Waals surface area contributed by atoms with E-state index in [2.05, 4.69) is 100 Å². The Labute approximate surface area is 179 Å². The van der Waals surface area contributed by atoms with Crippen LogP contribution in [-0.4, -0.2) is 5.17 Å². The molecule has 2 atom stereocenters. The number of hydrogen-bond acceptors (Lipinski definition) is 3. The van der Waals surface area contributed by atoms with Gasteiger partial charge < -0.3 is 5.32 Å². The maximum Gasteiger partial charge on any atom is 0.158 e. The summed E-state index contributed by atoms with van der Waals surface area (Å²) in [4.78, 5) is 5.01. The molecular weight excluding hydrogens is 440 g/mol. The average Bonchev–Trinajstić information content (AvgIpc) is 3.13. The van der Waals surface area contributed by atoms with E-state index in [9.17, 15) is 0 Å². The maximum atomic E-state index is 5.01. The Morgan fingerprint density at radius 3 is 2.07 bits per heavy atom. The Kier molecular flexibility index (Phi) is 7.00. The number of halogens is 2. The third kappa shape index (κ3) is 4.75. The molecule has 1 N–H and O–H groups in total. The molecule has 3 aromatic carbocycles. The molecule has 0 radical (unpaired) electrons. The molecule has 2 unspecified atom stereocenters. The normalized spacial score (nSPS) is 18.3. The van der Waals surface area contributed by atoms with E-state index >= 15 is 0 Å². The third-order valence-electron chi connectivity index (χ3n) is 4.47. The highest BCUT2D eigenvalue weighted by Gasteiger charge is 2.31. The molecule has 0 amide bonds. The minimum Gasteiger partial charge on any atom is -0.356 e. The number of thioether (sulfide) groups is 1. The summed E-state index contributed by atoms with van der Waals surface area (Å²) in [6, 6.07) is 29.7. The van der Waals surface area contributed by atoms with Crippen molar-refractivity contribution in [2.45, 2.75) is 17.8 Å². The predicted molar refractivity (Wildman–Crippen MR) is 122 cm³/mol.